The number of nitrogens with zero attached hydrogens (tertiary/aromatic N) is 1. The van der Waals surface area contributed by atoms with Gasteiger partial charge in [-0.3, -0.25) is 9.59 Å². The van der Waals surface area contributed by atoms with Crippen LogP contribution < -0.4 is 15.4 Å². The maximum atomic E-state index is 11.8. The molecule has 2 N–H and O–H groups in total. The highest BCUT2D eigenvalue weighted by Crippen LogP contribution is 2.14. The van der Waals surface area contributed by atoms with Crippen molar-refractivity contribution < 1.29 is 14.3 Å². The molecule has 0 fully saturated rings. The van der Waals surface area contributed by atoms with Crippen molar-refractivity contribution >= 4 is 39.5 Å². The molecule has 0 saturated heterocycles. The van der Waals surface area contributed by atoms with E-state index in [4.69, 9.17) is 10.00 Å². The molecular formula is C19H16BrN3O3. The van der Waals surface area contributed by atoms with Gasteiger partial charge in [-0.05, 0) is 48.0 Å². The Morgan fingerprint density at radius 2 is 1.81 bits per heavy atom. The zero-order valence-corrected chi connectivity index (χ0v) is 15.3. The van der Waals surface area contributed by atoms with Crippen LogP contribution >= 0.6 is 15.9 Å². The van der Waals surface area contributed by atoms with E-state index in [2.05, 4.69) is 26.6 Å². The van der Waals surface area contributed by atoms with Crippen molar-refractivity contribution in [3.8, 4) is 11.8 Å². The molecule has 6 nitrogen and oxygen atoms in total. The molecule has 0 aromatic heterocycles. The van der Waals surface area contributed by atoms with Crippen molar-refractivity contribution in [2.24, 2.45) is 0 Å². The van der Waals surface area contributed by atoms with E-state index in [-0.39, 0.29) is 25.0 Å². The van der Waals surface area contributed by atoms with E-state index in [1.54, 1.807) is 42.5 Å². The molecule has 132 valence electrons. The van der Waals surface area contributed by atoms with Crippen LogP contribution in [0.15, 0.2) is 59.1 Å². The summed E-state index contributed by atoms with van der Waals surface area (Å²) in [7, 11) is 0. The number of hydrogen-bond donors (Lipinski definition) is 2. The molecule has 2 aromatic rings. The molecule has 2 amide bonds. The standard InChI is InChI=1S/C19H16BrN3O3/c20-15-4-6-16(7-5-15)23-19(25)13-22-18(24)10-3-14-1-8-17(9-2-14)26-12-11-21/h1-10H,12-13H2,(H,22,24)(H,23,25). The van der Waals surface area contributed by atoms with Gasteiger partial charge in [-0.25, -0.2) is 0 Å². The molecule has 7 heteroatoms. The van der Waals surface area contributed by atoms with Crippen molar-refractivity contribution in [1.29, 1.82) is 5.26 Å². The van der Waals surface area contributed by atoms with E-state index in [9.17, 15) is 9.59 Å². The van der Waals surface area contributed by atoms with Crippen LogP contribution in [-0.4, -0.2) is 25.0 Å². The SMILES string of the molecule is N#CCOc1ccc(C=CC(=O)NCC(=O)Nc2ccc(Br)cc2)cc1. The molecular weight excluding hydrogens is 398 g/mol. The highest BCUT2D eigenvalue weighted by Gasteiger charge is 2.04. The first-order valence-electron chi connectivity index (χ1n) is 7.68. The summed E-state index contributed by atoms with van der Waals surface area (Å²) in [5, 5.41) is 13.7. The predicted molar refractivity (Wildman–Crippen MR) is 102 cm³/mol. The first kappa shape index (κ1) is 19.2. The maximum absolute atomic E-state index is 11.8. The third-order valence-corrected chi connectivity index (χ3v) is 3.69. The fourth-order valence-corrected chi connectivity index (χ4v) is 2.19. The molecule has 26 heavy (non-hydrogen) atoms. The predicted octanol–water partition coefficient (Wildman–Crippen LogP) is 3.12. The zero-order valence-electron chi connectivity index (χ0n) is 13.7. The van der Waals surface area contributed by atoms with E-state index >= 15 is 0 Å². The van der Waals surface area contributed by atoms with Gasteiger partial charge in [-0.15, -0.1) is 0 Å². The molecule has 0 aliphatic rings. The number of hydrogen-bond acceptors (Lipinski definition) is 4. The number of rotatable bonds is 7. The quantitative estimate of drug-likeness (QED) is 0.682. The summed E-state index contributed by atoms with van der Waals surface area (Å²) >= 11 is 3.32. The van der Waals surface area contributed by atoms with E-state index in [0.717, 1.165) is 10.0 Å². The van der Waals surface area contributed by atoms with Crippen molar-refractivity contribution in [3.63, 3.8) is 0 Å². The average molecular weight is 414 g/mol. The molecule has 0 saturated carbocycles. The third kappa shape index (κ3) is 6.79. The summed E-state index contributed by atoms with van der Waals surface area (Å²) in [4.78, 5) is 23.6. The second kappa shape index (κ2) is 10.0. The number of anilines is 1. The second-order valence-corrected chi connectivity index (χ2v) is 6.04. The Hall–Kier alpha value is -3.11. The van der Waals surface area contributed by atoms with Gasteiger partial charge in [-0.1, -0.05) is 28.1 Å². The average Bonchev–Trinajstić information content (AvgIpc) is 2.65. The monoisotopic (exact) mass is 413 g/mol. The second-order valence-electron chi connectivity index (χ2n) is 5.12. The summed E-state index contributed by atoms with van der Waals surface area (Å²) in [5.41, 5.74) is 1.45. The van der Waals surface area contributed by atoms with E-state index in [1.165, 1.54) is 6.08 Å². The number of halogens is 1. The molecule has 0 aliphatic heterocycles. The number of ether oxygens (including phenoxy) is 1. The Bertz CT molecular complexity index is 825. The first-order chi connectivity index (χ1) is 12.6. The molecule has 0 radical (unpaired) electrons. The van der Waals surface area contributed by atoms with Crippen LogP contribution in [0.25, 0.3) is 6.08 Å². The van der Waals surface area contributed by atoms with Gasteiger partial charge < -0.3 is 15.4 Å². The Morgan fingerprint density at radius 3 is 2.46 bits per heavy atom. The highest BCUT2D eigenvalue weighted by molar-refractivity contribution is 9.10. The van der Waals surface area contributed by atoms with Gasteiger partial charge in [0, 0.05) is 16.2 Å². The summed E-state index contributed by atoms with van der Waals surface area (Å²) < 4.78 is 6.06. The topological polar surface area (TPSA) is 91.2 Å². The van der Waals surface area contributed by atoms with Crippen LogP contribution in [0.3, 0.4) is 0 Å². The van der Waals surface area contributed by atoms with Gasteiger partial charge in [0.1, 0.15) is 11.8 Å². The summed E-state index contributed by atoms with van der Waals surface area (Å²) in [6.07, 6.45) is 2.97. The van der Waals surface area contributed by atoms with Crippen LogP contribution in [0.1, 0.15) is 5.56 Å². The van der Waals surface area contributed by atoms with E-state index in [1.807, 2.05) is 18.2 Å². The smallest absolute Gasteiger partial charge is 0.244 e. The fourth-order valence-electron chi connectivity index (χ4n) is 1.93. The Labute approximate surface area is 159 Å². The van der Waals surface area contributed by atoms with Gasteiger partial charge >= 0.3 is 0 Å². The molecule has 0 atom stereocenters. The van der Waals surface area contributed by atoms with Gasteiger partial charge in [0.05, 0.1) is 6.54 Å². The lowest BCUT2D eigenvalue weighted by atomic mass is 10.2. The largest absolute Gasteiger partial charge is 0.479 e. The lowest BCUT2D eigenvalue weighted by Gasteiger charge is -2.05. The van der Waals surface area contributed by atoms with Crippen LogP contribution in [0.5, 0.6) is 5.75 Å². The molecule has 2 rings (SSSR count). The number of nitrogens with one attached hydrogen (secondary N) is 2. The van der Waals surface area contributed by atoms with E-state index in [0.29, 0.717) is 11.4 Å². The maximum Gasteiger partial charge on any atom is 0.244 e. The van der Waals surface area contributed by atoms with Crippen molar-refractivity contribution in [2.75, 3.05) is 18.5 Å². The van der Waals surface area contributed by atoms with Crippen molar-refractivity contribution in [3.05, 3.63) is 64.6 Å². The number of benzene rings is 2. The van der Waals surface area contributed by atoms with Gasteiger partial charge in [0.25, 0.3) is 0 Å². The Morgan fingerprint density at radius 1 is 1.12 bits per heavy atom. The lowest BCUT2D eigenvalue weighted by Crippen LogP contribution is -2.31. The number of amides is 2. The molecule has 0 heterocycles. The number of nitriles is 1. The summed E-state index contributed by atoms with van der Waals surface area (Å²) in [6, 6.07) is 16.0. The van der Waals surface area contributed by atoms with Gasteiger partial charge in [-0.2, -0.15) is 5.26 Å². The van der Waals surface area contributed by atoms with E-state index < -0.39 is 0 Å². The first-order valence-corrected chi connectivity index (χ1v) is 8.47. The fraction of sp³-hybridized carbons (Fsp3) is 0.105. The lowest BCUT2D eigenvalue weighted by molar-refractivity contribution is -0.121. The minimum Gasteiger partial charge on any atom is -0.479 e. The molecule has 0 aliphatic carbocycles. The zero-order chi connectivity index (χ0) is 18.8. The Balaban J connectivity index is 1.77. The molecule has 2 aromatic carbocycles. The van der Waals surface area contributed by atoms with Gasteiger partial charge in [0.15, 0.2) is 6.61 Å². The summed E-state index contributed by atoms with van der Waals surface area (Å²) in [6.45, 7) is -0.139. The van der Waals surface area contributed by atoms with Gasteiger partial charge in [0.2, 0.25) is 11.8 Å². The minimum atomic E-state index is -0.374. The number of carbonyl (C=O) groups excluding carboxylic acids is 2. The van der Waals surface area contributed by atoms with Crippen molar-refractivity contribution in [2.45, 2.75) is 0 Å². The van der Waals surface area contributed by atoms with Crippen LogP contribution in [-0.2, 0) is 9.59 Å². The highest BCUT2D eigenvalue weighted by atomic mass is 79.9. The summed E-state index contributed by atoms with van der Waals surface area (Å²) in [5.74, 6) is -0.105. The van der Waals surface area contributed by atoms with Crippen LogP contribution in [0, 0.1) is 11.3 Å². The van der Waals surface area contributed by atoms with Crippen molar-refractivity contribution in [1.82, 2.24) is 5.32 Å². The minimum absolute atomic E-state index is 0.0140. The normalized spacial score (nSPS) is 10.2. The molecule has 0 bridgehead atoms. The molecule has 0 unspecified atom stereocenters. The molecule has 0 spiro atoms. The third-order valence-electron chi connectivity index (χ3n) is 3.16. The Kier molecular flexibility index (Phi) is 7.40. The van der Waals surface area contributed by atoms with Crippen LogP contribution in [0.4, 0.5) is 5.69 Å². The van der Waals surface area contributed by atoms with Crippen LogP contribution in [0.2, 0.25) is 0 Å². The number of carbonyl (C=O) groups is 2.